The molecule has 0 bridgehead atoms. The van der Waals surface area contributed by atoms with Crippen molar-refractivity contribution < 1.29 is 18.7 Å². The van der Waals surface area contributed by atoms with Gasteiger partial charge >= 0.3 is 5.97 Å². The van der Waals surface area contributed by atoms with E-state index in [1.165, 1.54) is 18.2 Å². The number of benzene rings is 2. The van der Waals surface area contributed by atoms with Gasteiger partial charge < -0.3 is 10.4 Å². The molecule has 0 aliphatic carbocycles. The number of rotatable bonds is 5. The van der Waals surface area contributed by atoms with Crippen LogP contribution in [0.1, 0.15) is 34.5 Å². The molecule has 2 rings (SSSR count). The largest absolute Gasteiger partial charge is 0.478 e. The van der Waals surface area contributed by atoms with E-state index < -0.39 is 11.8 Å². The summed E-state index contributed by atoms with van der Waals surface area (Å²) in [6.45, 7) is 1.87. The fourth-order valence-corrected chi connectivity index (χ4v) is 2.04. The third-order valence-electron chi connectivity index (χ3n) is 3.26. The number of aromatic carboxylic acids is 1. The first-order valence-electron chi connectivity index (χ1n) is 6.48. The molecular weight excluding hydrogens is 276 g/mol. The summed E-state index contributed by atoms with van der Waals surface area (Å²) in [5, 5.41) is 11.9. The predicted molar refractivity (Wildman–Crippen MR) is 75.0 cm³/mol. The zero-order valence-corrected chi connectivity index (χ0v) is 11.4. The van der Waals surface area contributed by atoms with Crippen molar-refractivity contribution >= 4 is 5.97 Å². The van der Waals surface area contributed by atoms with Crippen LogP contribution in [0.2, 0.25) is 0 Å². The molecular formula is C16H15F2NO2. The molecule has 0 saturated carbocycles. The van der Waals surface area contributed by atoms with Crippen molar-refractivity contribution in [2.24, 2.45) is 0 Å². The monoisotopic (exact) mass is 291 g/mol. The SMILES string of the molecule is C[C@@H](NCc1cc(C(=O)O)ccc1F)c1ccccc1F. The summed E-state index contributed by atoms with van der Waals surface area (Å²) < 4.78 is 27.3. The van der Waals surface area contributed by atoms with E-state index in [0.29, 0.717) is 5.56 Å². The summed E-state index contributed by atoms with van der Waals surface area (Å²) >= 11 is 0. The van der Waals surface area contributed by atoms with Crippen LogP contribution in [0.5, 0.6) is 0 Å². The first-order valence-corrected chi connectivity index (χ1v) is 6.48. The summed E-state index contributed by atoms with van der Waals surface area (Å²) in [6.07, 6.45) is 0. The van der Waals surface area contributed by atoms with Crippen molar-refractivity contribution in [3.05, 3.63) is 70.8 Å². The molecule has 0 fully saturated rings. The van der Waals surface area contributed by atoms with Crippen molar-refractivity contribution in [1.29, 1.82) is 0 Å². The summed E-state index contributed by atoms with van der Waals surface area (Å²) in [6, 6.07) is 9.62. The van der Waals surface area contributed by atoms with E-state index in [9.17, 15) is 13.6 Å². The molecule has 2 aromatic carbocycles. The number of hydrogen-bond acceptors (Lipinski definition) is 2. The molecule has 0 heterocycles. The Hall–Kier alpha value is -2.27. The quantitative estimate of drug-likeness (QED) is 0.886. The van der Waals surface area contributed by atoms with Gasteiger partial charge in [-0.1, -0.05) is 18.2 Å². The smallest absolute Gasteiger partial charge is 0.335 e. The molecule has 21 heavy (non-hydrogen) atoms. The Bertz CT molecular complexity index is 658. The average Bonchev–Trinajstić information content (AvgIpc) is 2.46. The number of nitrogens with one attached hydrogen (secondary N) is 1. The standard InChI is InChI=1S/C16H15F2NO2/c1-10(13-4-2-3-5-15(13)18)19-9-12-8-11(16(20)21)6-7-14(12)17/h2-8,10,19H,9H2,1H3,(H,20,21)/t10-/m1/s1. The summed E-state index contributed by atoms with van der Waals surface area (Å²) in [5.74, 6) is -1.94. The topological polar surface area (TPSA) is 49.3 Å². The van der Waals surface area contributed by atoms with Gasteiger partial charge in [-0.15, -0.1) is 0 Å². The first-order chi connectivity index (χ1) is 9.99. The fraction of sp³-hybridized carbons (Fsp3) is 0.188. The maximum atomic E-state index is 13.7. The Morgan fingerprint density at radius 2 is 1.90 bits per heavy atom. The molecule has 2 N–H and O–H groups in total. The second-order valence-electron chi connectivity index (χ2n) is 4.74. The molecule has 0 aromatic heterocycles. The summed E-state index contributed by atoms with van der Waals surface area (Å²) in [7, 11) is 0. The number of halogens is 2. The van der Waals surface area contributed by atoms with Crippen LogP contribution in [0.3, 0.4) is 0 Å². The van der Waals surface area contributed by atoms with Gasteiger partial charge in [-0.05, 0) is 31.2 Å². The van der Waals surface area contributed by atoms with Crippen LogP contribution in [-0.4, -0.2) is 11.1 Å². The Morgan fingerprint density at radius 3 is 2.57 bits per heavy atom. The molecule has 0 radical (unpaired) electrons. The number of hydrogen-bond donors (Lipinski definition) is 2. The van der Waals surface area contributed by atoms with Crippen LogP contribution in [0, 0.1) is 11.6 Å². The van der Waals surface area contributed by atoms with E-state index in [1.807, 2.05) is 0 Å². The maximum Gasteiger partial charge on any atom is 0.335 e. The Balaban J connectivity index is 2.11. The minimum Gasteiger partial charge on any atom is -0.478 e. The van der Waals surface area contributed by atoms with Crippen LogP contribution in [-0.2, 0) is 6.54 Å². The minimum atomic E-state index is -1.11. The van der Waals surface area contributed by atoms with E-state index in [1.54, 1.807) is 25.1 Å². The van der Waals surface area contributed by atoms with E-state index >= 15 is 0 Å². The molecule has 1 atom stereocenters. The van der Waals surface area contributed by atoms with Crippen LogP contribution >= 0.6 is 0 Å². The first kappa shape index (κ1) is 15.1. The van der Waals surface area contributed by atoms with Crippen molar-refractivity contribution in [2.45, 2.75) is 19.5 Å². The van der Waals surface area contributed by atoms with Gasteiger partial charge in [0.2, 0.25) is 0 Å². The molecule has 0 saturated heterocycles. The van der Waals surface area contributed by atoms with Gasteiger partial charge in [0.25, 0.3) is 0 Å². The second kappa shape index (κ2) is 6.45. The van der Waals surface area contributed by atoms with Gasteiger partial charge in [0, 0.05) is 23.7 Å². The molecule has 0 aliphatic rings. The van der Waals surface area contributed by atoms with Gasteiger partial charge in [0.05, 0.1) is 5.56 Å². The van der Waals surface area contributed by atoms with Gasteiger partial charge in [-0.3, -0.25) is 0 Å². The van der Waals surface area contributed by atoms with Crippen LogP contribution in [0.15, 0.2) is 42.5 Å². The highest BCUT2D eigenvalue weighted by molar-refractivity contribution is 5.87. The molecule has 0 unspecified atom stereocenters. The normalized spacial score (nSPS) is 12.1. The zero-order valence-electron chi connectivity index (χ0n) is 11.4. The van der Waals surface area contributed by atoms with Gasteiger partial charge in [0.15, 0.2) is 0 Å². The lowest BCUT2D eigenvalue weighted by molar-refractivity contribution is 0.0696. The molecule has 0 spiro atoms. The molecule has 5 heteroatoms. The van der Waals surface area contributed by atoms with Crippen LogP contribution < -0.4 is 5.32 Å². The lowest BCUT2D eigenvalue weighted by Crippen LogP contribution is -2.20. The lowest BCUT2D eigenvalue weighted by atomic mass is 10.1. The summed E-state index contributed by atoms with van der Waals surface area (Å²) in [4.78, 5) is 10.9. The second-order valence-corrected chi connectivity index (χ2v) is 4.74. The Labute approximate surface area is 121 Å². The molecule has 0 amide bonds. The number of carboxylic acids is 1. The molecule has 0 aliphatic heterocycles. The Kier molecular flexibility index (Phi) is 4.65. The molecule has 110 valence electrons. The highest BCUT2D eigenvalue weighted by Crippen LogP contribution is 2.18. The highest BCUT2D eigenvalue weighted by atomic mass is 19.1. The summed E-state index contributed by atoms with van der Waals surface area (Å²) in [5.41, 5.74) is 0.733. The van der Waals surface area contributed by atoms with Crippen molar-refractivity contribution in [1.82, 2.24) is 5.32 Å². The number of carboxylic acid groups (broad SMARTS) is 1. The van der Waals surface area contributed by atoms with Crippen molar-refractivity contribution in [3.8, 4) is 0 Å². The molecule has 3 nitrogen and oxygen atoms in total. The Morgan fingerprint density at radius 1 is 1.19 bits per heavy atom. The minimum absolute atomic E-state index is 0.0201. The van der Waals surface area contributed by atoms with Gasteiger partial charge in [-0.25, -0.2) is 13.6 Å². The van der Waals surface area contributed by atoms with E-state index in [4.69, 9.17) is 5.11 Å². The maximum absolute atomic E-state index is 13.7. The van der Waals surface area contributed by atoms with Crippen molar-refractivity contribution in [3.63, 3.8) is 0 Å². The highest BCUT2D eigenvalue weighted by Gasteiger charge is 2.12. The van der Waals surface area contributed by atoms with Crippen molar-refractivity contribution in [2.75, 3.05) is 0 Å². The van der Waals surface area contributed by atoms with Crippen LogP contribution in [0.4, 0.5) is 8.78 Å². The zero-order chi connectivity index (χ0) is 15.4. The van der Waals surface area contributed by atoms with E-state index in [0.717, 1.165) is 6.07 Å². The molecule has 2 aromatic rings. The van der Waals surface area contributed by atoms with Crippen LogP contribution in [0.25, 0.3) is 0 Å². The predicted octanol–water partition coefficient (Wildman–Crippen LogP) is 3.51. The lowest BCUT2D eigenvalue weighted by Gasteiger charge is -2.15. The third-order valence-corrected chi connectivity index (χ3v) is 3.26. The van der Waals surface area contributed by atoms with Gasteiger partial charge in [0.1, 0.15) is 11.6 Å². The van der Waals surface area contributed by atoms with Gasteiger partial charge in [-0.2, -0.15) is 0 Å². The van der Waals surface area contributed by atoms with E-state index in [-0.39, 0.29) is 29.5 Å². The fourth-order valence-electron chi connectivity index (χ4n) is 2.04. The van der Waals surface area contributed by atoms with E-state index in [2.05, 4.69) is 5.32 Å². The third kappa shape index (κ3) is 3.64. The number of carbonyl (C=O) groups is 1. The average molecular weight is 291 g/mol.